The van der Waals surface area contributed by atoms with Crippen molar-refractivity contribution in [3.05, 3.63) is 52.7 Å². The maximum absolute atomic E-state index is 10.6. The van der Waals surface area contributed by atoms with Gasteiger partial charge in [-0.05, 0) is 18.2 Å². The lowest BCUT2D eigenvalue weighted by molar-refractivity contribution is -0.384. The van der Waals surface area contributed by atoms with Gasteiger partial charge in [0.05, 0.1) is 16.7 Å². The monoisotopic (exact) mass is 231 g/mol. The second-order valence-electron chi connectivity index (χ2n) is 3.25. The Balaban J connectivity index is 2.28. The zero-order chi connectivity index (χ0) is 12.3. The maximum Gasteiger partial charge on any atom is 0.273 e. The van der Waals surface area contributed by atoms with E-state index in [1.165, 1.54) is 24.4 Å². The van der Waals surface area contributed by atoms with E-state index in [1.807, 2.05) is 0 Å². The Labute approximate surface area is 96.8 Å². The van der Waals surface area contributed by atoms with Crippen molar-refractivity contribution >= 4 is 11.4 Å². The summed E-state index contributed by atoms with van der Waals surface area (Å²) < 4.78 is 5.36. The summed E-state index contributed by atoms with van der Waals surface area (Å²) >= 11 is 0. The van der Waals surface area contributed by atoms with Crippen LogP contribution in [0.3, 0.4) is 0 Å². The summed E-state index contributed by atoms with van der Waals surface area (Å²) in [4.78, 5) is 14.0. The highest BCUT2D eigenvalue weighted by Gasteiger charge is 2.08. The van der Waals surface area contributed by atoms with E-state index in [0.717, 1.165) is 0 Å². The van der Waals surface area contributed by atoms with E-state index in [9.17, 15) is 10.1 Å². The standard InChI is InChI=1S/C11H9N3O3/c12-10-5-2-6-13-11(10)17-9-4-1-3-8(7-9)14(15)16/h1-7H,12H2. The number of ether oxygens (including phenoxy) is 1. The van der Waals surface area contributed by atoms with Crippen molar-refractivity contribution in [3.8, 4) is 11.6 Å². The molecule has 0 fully saturated rings. The first-order valence-electron chi connectivity index (χ1n) is 4.79. The van der Waals surface area contributed by atoms with Gasteiger partial charge in [-0.25, -0.2) is 4.98 Å². The van der Waals surface area contributed by atoms with Crippen molar-refractivity contribution in [2.75, 3.05) is 5.73 Å². The van der Waals surface area contributed by atoms with E-state index in [2.05, 4.69) is 4.98 Å². The summed E-state index contributed by atoms with van der Waals surface area (Å²) in [6, 6.07) is 9.14. The molecule has 0 spiro atoms. The summed E-state index contributed by atoms with van der Waals surface area (Å²) in [5.74, 6) is 0.553. The molecule has 0 atom stereocenters. The van der Waals surface area contributed by atoms with Crippen LogP contribution in [0.4, 0.5) is 11.4 Å². The zero-order valence-electron chi connectivity index (χ0n) is 8.74. The molecule has 6 nitrogen and oxygen atoms in total. The lowest BCUT2D eigenvalue weighted by Gasteiger charge is -2.06. The van der Waals surface area contributed by atoms with Gasteiger partial charge in [-0.15, -0.1) is 0 Å². The molecular formula is C11H9N3O3. The van der Waals surface area contributed by atoms with Crippen molar-refractivity contribution in [2.24, 2.45) is 0 Å². The van der Waals surface area contributed by atoms with Crippen LogP contribution in [-0.4, -0.2) is 9.91 Å². The van der Waals surface area contributed by atoms with Gasteiger partial charge in [0.2, 0.25) is 5.88 Å². The Bertz CT molecular complexity index is 557. The minimum Gasteiger partial charge on any atom is -0.437 e. The predicted molar refractivity (Wildman–Crippen MR) is 61.8 cm³/mol. The molecule has 0 amide bonds. The lowest BCUT2D eigenvalue weighted by Crippen LogP contribution is -1.95. The zero-order valence-corrected chi connectivity index (χ0v) is 8.74. The number of nitrogens with zero attached hydrogens (tertiary/aromatic N) is 2. The summed E-state index contributed by atoms with van der Waals surface area (Å²) in [6.07, 6.45) is 1.53. The van der Waals surface area contributed by atoms with E-state index in [1.54, 1.807) is 18.2 Å². The number of anilines is 1. The number of benzene rings is 1. The third-order valence-corrected chi connectivity index (χ3v) is 2.04. The number of nitrogens with two attached hydrogens (primary N) is 1. The Morgan fingerprint density at radius 1 is 1.29 bits per heavy atom. The first kappa shape index (κ1) is 10.9. The molecule has 6 heteroatoms. The largest absolute Gasteiger partial charge is 0.437 e. The molecule has 0 aliphatic rings. The van der Waals surface area contributed by atoms with Gasteiger partial charge in [0, 0.05) is 12.3 Å². The van der Waals surface area contributed by atoms with E-state index in [4.69, 9.17) is 10.5 Å². The highest BCUT2D eigenvalue weighted by molar-refractivity contribution is 5.49. The van der Waals surface area contributed by atoms with Crippen molar-refractivity contribution in [1.29, 1.82) is 0 Å². The highest BCUT2D eigenvalue weighted by Crippen LogP contribution is 2.26. The molecule has 0 saturated carbocycles. The molecule has 0 aliphatic heterocycles. The van der Waals surface area contributed by atoms with Gasteiger partial charge in [-0.2, -0.15) is 0 Å². The minimum atomic E-state index is -0.491. The lowest BCUT2D eigenvalue weighted by atomic mass is 10.3. The summed E-state index contributed by atoms with van der Waals surface area (Å²) in [6.45, 7) is 0. The van der Waals surface area contributed by atoms with Crippen LogP contribution in [-0.2, 0) is 0 Å². The molecule has 1 aromatic heterocycles. The molecular weight excluding hydrogens is 222 g/mol. The smallest absolute Gasteiger partial charge is 0.273 e. The Kier molecular flexibility index (Phi) is 2.87. The number of hydrogen-bond donors (Lipinski definition) is 1. The van der Waals surface area contributed by atoms with E-state index < -0.39 is 4.92 Å². The Morgan fingerprint density at radius 2 is 2.12 bits per heavy atom. The van der Waals surface area contributed by atoms with Crippen LogP contribution in [0.25, 0.3) is 0 Å². The molecule has 86 valence electrons. The van der Waals surface area contributed by atoms with Crippen molar-refractivity contribution < 1.29 is 9.66 Å². The van der Waals surface area contributed by atoms with Gasteiger partial charge in [0.1, 0.15) is 5.75 Å². The molecule has 2 rings (SSSR count). The Hall–Kier alpha value is -2.63. The number of aromatic nitrogens is 1. The third-order valence-electron chi connectivity index (χ3n) is 2.04. The van der Waals surface area contributed by atoms with Crippen molar-refractivity contribution in [2.45, 2.75) is 0 Å². The number of hydrogen-bond acceptors (Lipinski definition) is 5. The third kappa shape index (κ3) is 2.49. The number of nitrogen functional groups attached to an aromatic ring is 1. The molecule has 0 saturated heterocycles. The van der Waals surface area contributed by atoms with E-state index in [0.29, 0.717) is 11.4 Å². The van der Waals surface area contributed by atoms with Crippen LogP contribution in [0.5, 0.6) is 11.6 Å². The fourth-order valence-electron chi connectivity index (χ4n) is 1.26. The van der Waals surface area contributed by atoms with E-state index in [-0.39, 0.29) is 11.6 Å². The van der Waals surface area contributed by atoms with Gasteiger partial charge in [0.15, 0.2) is 0 Å². The van der Waals surface area contributed by atoms with Crippen LogP contribution in [0.1, 0.15) is 0 Å². The van der Waals surface area contributed by atoms with Gasteiger partial charge in [0.25, 0.3) is 5.69 Å². The number of non-ortho nitro benzene ring substituents is 1. The fourth-order valence-corrected chi connectivity index (χ4v) is 1.26. The summed E-state index contributed by atoms with van der Waals surface area (Å²) in [7, 11) is 0. The molecule has 1 heterocycles. The van der Waals surface area contributed by atoms with Gasteiger partial charge < -0.3 is 10.5 Å². The molecule has 0 bridgehead atoms. The van der Waals surface area contributed by atoms with Crippen LogP contribution in [0.15, 0.2) is 42.6 Å². The molecule has 2 aromatic rings. The van der Waals surface area contributed by atoms with Crippen LogP contribution in [0.2, 0.25) is 0 Å². The van der Waals surface area contributed by atoms with Crippen molar-refractivity contribution in [3.63, 3.8) is 0 Å². The topological polar surface area (TPSA) is 91.3 Å². The number of nitro benzene ring substituents is 1. The minimum absolute atomic E-state index is 0.0444. The second-order valence-corrected chi connectivity index (χ2v) is 3.25. The quantitative estimate of drug-likeness (QED) is 0.646. The first-order chi connectivity index (χ1) is 8.16. The summed E-state index contributed by atoms with van der Waals surface area (Å²) in [5, 5.41) is 10.6. The highest BCUT2D eigenvalue weighted by atomic mass is 16.6. The molecule has 0 radical (unpaired) electrons. The van der Waals surface area contributed by atoms with Crippen LogP contribution < -0.4 is 10.5 Å². The number of pyridine rings is 1. The van der Waals surface area contributed by atoms with Gasteiger partial charge in [-0.1, -0.05) is 6.07 Å². The fraction of sp³-hybridized carbons (Fsp3) is 0. The number of nitro groups is 1. The second kappa shape index (κ2) is 4.48. The maximum atomic E-state index is 10.6. The molecule has 17 heavy (non-hydrogen) atoms. The predicted octanol–water partition coefficient (Wildman–Crippen LogP) is 2.36. The summed E-state index contributed by atoms with van der Waals surface area (Å²) in [5.41, 5.74) is 5.97. The molecule has 0 unspecified atom stereocenters. The SMILES string of the molecule is Nc1cccnc1Oc1cccc([N+](=O)[O-])c1. The van der Waals surface area contributed by atoms with Crippen LogP contribution in [0, 0.1) is 10.1 Å². The Morgan fingerprint density at radius 3 is 2.82 bits per heavy atom. The molecule has 1 aromatic carbocycles. The molecule has 0 aliphatic carbocycles. The first-order valence-corrected chi connectivity index (χ1v) is 4.79. The molecule has 2 N–H and O–H groups in total. The van der Waals surface area contributed by atoms with Crippen LogP contribution >= 0.6 is 0 Å². The van der Waals surface area contributed by atoms with Gasteiger partial charge in [-0.3, -0.25) is 10.1 Å². The van der Waals surface area contributed by atoms with Gasteiger partial charge >= 0.3 is 0 Å². The van der Waals surface area contributed by atoms with Crippen molar-refractivity contribution in [1.82, 2.24) is 4.98 Å². The average molecular weight is 231 g/mol. The van der Waals surface area contributed by atoms with E-state index >= 15 is 0 Å². The number of rotatable bonds is 3. The normalized spacial score (nSPS) is 9.88. The average Bonchev–Trinajstić information content (AvgIpc) is 2.32.